The third-order valence-corrected chi connectivity index (χ3v) is 4.69. The van der Waals surface area contributed by atoms with Gasteiger partial charge in [-0.15, -0.1) is 0 Å². The number of methoxy groups -OCH3 is 1. The molecule has 1 unspecified atom stereocenters. The fraction of sp³-hybridized carbons (Fsp3) is 0.571. The van der Waals surface area contributed by atoms with Gasteiger partial charge in [0.1, 0.15) is 0 Å². The second-order valence-corrected chi connectivity index (χ2v) is 5.53. The van der Waals surface area contributed by atoms with E-state index < -0.39 is 0 Å². The van der Waals surface area contributed by atoms with Crippen LogP contribution in [0.3, 0.4) is 0 Å². The van der Waals surface area contributed by atoms with Crippen molar-refractivity contribution < 1.29 is 9.47 Å². The summed E-state index contributed by atoms with van der Waals surface area (Å²) in [7, 11) is 3.66. The highest BCUT2D eigenvalue weighted by molar-refractivity contribution is 6.42. The molecule has 1 aliphatic rings. The first-order valence-corrected chi connectivity index (χ1v) is 7.14. The Morgan fingerprint density at radius 3 is 2.58 bits per heavy atom. The lowest BCUT2D eigenvalue weighted by atomic mass is 9.82. The Morgan fingerprint density at radius 1 is 1.32 bits per heavy atom. The minimum atomic E-state index is -0.304. The minimum absolute atomic E-state index is 0.00685. The molecule has 5 heteroatoms. The van der Waals surface area contributed by atoms with E-state index in [0.717, 1.165) is 18.4 Å². The van der Waals surface area contributed by atoms with Crippen LogP contribution in [-0.2, 0) is 9.47 Å². The molecule has 1 aromatic carbocycles. The van der Waals surface area contributed by atoms with E-state index in [0.29, 0.717) is 23.3 Å². The lowest BCUT2D eigenvalue weighted by Gasteiger charge is -2.42. The quantitative estimate of drug-likeness (QED) is 0.924. The van der Waals surface area contributed by atoms with Crippen molar-refractivity contribution in [3.05, 3.63) is 33.8 Å². The van der Waals surface area contributed by atoms with Crippen LogP contribution < -0.4 is 5.32 Å². The Labute approximate surface area is 124 Å². The molecule has 0 aromatic heterocycles. The number of hydrogen-bond donors (Lipinski definition) is 1. The number of ether oxygens (including phenoxy) is 2. The van der Waals surface area contributed by atoms with Gasteiger partial charge in [0.2, 0.25) is 0 Å². The van der Waals surface area contributed by atoms with Crippen molar-refractivity contribution in [2.24, 2.45) is 0 Å². The van der Waals surface area contributed by atoms with E-state index in [9.17, 15) is 0 Å². The molecule has 0 aliphatic carbocycles. The maximum atomic E-state index is 6.35. The summed E-state index contributed by atoms with van der Waals surface area (Å²) < 4.78 is 11.3. The van der Waals surface area contributed by atoms with Crippen LogP contribution in [0.15, 0.2) is 18.2 Å². The average molecular weight is 304 g/mol. The van der Waals surface area contributed by atoms with Gasteiger partial charge in [0.25, 0.3) is 0 Å². The topological polar surface area (TPSA) is 30.5 Å². The molecule has 2 rings (SSSR count). The fourth-order valence-corrected chi connectivity index (χ4v) is 3.19. The van der Waals surface area contributed by atoms with Crippen LogP contribution >= 0.6 is 23.2 Å². The summed E-state index contributed by atoms with van der Waals surface area (Å²) in [5.41, 5.74) is 0.668. The van der Waals surface area contributed by atoms with Gasteiger partial charge in [0.15, 0.2) is 0 Å². The summed E-state index contributed by atoms with van der Waals surface area (Å²) in [6.07, 6.45) is 1.66. The third-order valence-electron chi connectivity index (χ3n) is 3.85. The van der Waals surface area contributed by atoms with Crippen LogP contribution in [0.25, 0.3) is 0 Å². The number of rotatable bonds is 4. The summed E-state index contributed by atoms with van der Waals surface area (Å²) in [4.78, 5) is 0. The summed E-state index contributed by atoms with van der Waals surface area (Å²) in [5.74, 6) is 0. The Bertz CT molecular complexity index is 433. The largest absolute Gasteiger partial charge is 0.381 e. The third kappa shape index (κ3) is 2.91. The molecule has 1 heterocycles. The molecule has 0 bridgehead atoms. The van der Waals surface area contributed by atoms with Crippen molar-refractivity contribution in [1.82, 2.24) is 5.32 Å². The van der Waals surface area contributed by atoms with Crippen LogP contribution in [0.2, 0.25) is 10.0 Å². The van der Waals surface area contributed by atoms with Crippen LogP contribution in [0.5, 0.6) is 0 Å². The van der Waals surface area contributed by atoms with Gasteiger partial charge in [-0.25, -0.2) is 0 Å². The molecule has 106 valence electrons. The van der Waals surface area contributed by atoms with Gasteiger partial charge in [-0.2, -0.15) is 0 Å². The van der Waals surface area contributed by atoms with E-state index >= 15 is 0 Å². The monoisotopic (exact) mass is 303 g/mol. The zero-order valence-electron chi connectivity index (χ0n) is 11.2. The van der Waals surface area contributed by atoms with Crippen molar-refractivity contribution in [2.75, 3.05) is 27.4 Å². The van der Waals surface area contributed by atoms with Crippen molar-refractivity contribution in [1.29, 1.82) is 0 Å². The summed E-state index contributed by atoms with van der Waals surface area (Å²) >= 11 is 12.5. The fourth-order valence-electron chi connectivity index (χ4n) is 2.77. The van der Waals surface area contributed by atoms with E-state index in [4.69, 9.17) is 32.7 Å². The number of likely N-dealkylation sites (N-methyl/N-ethyl adjacent to an activating group) is 1. The normalized spacial score (nSPS) is 20.2. The molecule has 1 N–H and O–H groups in total. The van der Waals surface area contributed by atoms with E-state index in [2.05, 4.69) is 5.32 Å². The van der Waals surface area contributed by atoms with Crippen LogP contribution in [-0.4, -0.2) is 33.0 Å². The van der Waals surface area contributed by atoms with Crippen LogP contribution in [0.4, 0.5) is 0 Å². The van der Waals surface area contributed by atoms with E-state index in [1.807, 2.05) is 19.2 Å². The molecule has 0 spiro atoms. The molecule has 3 nitrogen and oxygen atoms in total. The van der Waals surface area contributed by atoms with Gasteiger partial charge < -0.3 is 14.8 Å². The van der Waals surface area contributed by atoms with Crippen molar-refractivity contribution in [3.63, 3.8) is 0 Å². The molecular weight excluding hydrogens is 285 g/mol. The standard InChI is InChI=1S/C14H19Cl2NO2/c1-17-13(10-4-3-5-11(15)12(10)16)14(18-2)6-8-19-9-7-14/h3-5,13,17H,6-9H2,1-2H3. The predicted molar refractivity (Wildman–Crippen MR) is 78.1 cm³/mol. The highest BCUT2D eigenvalue weighted by Gasteiger charge is 2.41. The molecule has 0 radical (unpaired) electrons. The molecule has 1 saturated heterocycles. The van der Waals surface area contributed by atoms with Gasteiger partial charge in [-0.1, -0.05) is 35.3 Å². The molecule has 1 atom stereocenters. The Balaban J connectivity index is 2.40. The molecule has 1 aromatic rings. The first-order valence-electron chi connectivity index (χ1n) is 6.38. The van der Waals surface area contributed by atoms with Crippen molar-refractivity contribution >= 4 is 23.2 Å². The summed E-state index contributed by atoms with van der Waals surface area (Å²) in [6.45, 7) is 1.40. The maximum Gasteiger partial charge on any atom is 0.0916 e. The predicted octanol–water partition coefficient (Wildman–Crippen LogP) is 3.45. The average Bonchev–Trinajstić information content (AvgIpc) is 2.45. The Hall–Kier alpha value is -0.320. The first-order chi connectivity index (χ1) is 9.14. The van der Waals surface area contributed by atoms with E-state index in [-0.39, 0.29) is 11.6 Å². The minimum Gasteiger partial charge on any atom is -0.381 e. The molecular formula is C14H19Cl2NO2. The number of benzene rings is 1. The molecule has 0 saturated carbocycles. The lowest BCUT2D eigenvalue weighted by Crippen LogP contribution is -2.48. The van der Waals surface area contributed by atoms with Gasteiger partial charge >= 0.3 is 0 Å². The highest BCUT2D eigenvalue weighted by Crippen LogP contribution is 2.41. The lowest BCUT2D eigenvalue weighted by molar-refractivity contribution is -0.110. The SMILES string of the molecule is CNC(c1cccc(Cl)c1Cl)C1(OC)CCOCC1. The molecule has 1 aliphatic heterocycles. The Morgan fingerprint density at radius 2 is 2.00 bits per heavy atom. The number of nitrogens with one attached hydrogen (secondary N) is 1. The maximum absolute atomic E-state index is 6.35. The summed E-state index contributed by atoms with van der Waals surface area (Å²) in [6, 6.07) is 5.69. The van der Waals surface area contributed by atoms with Gasteiger partial charge in [-0.3, -0.25) is 0 Å². The van der Waals surface area contributed by atoms with Crippen molar-refractivity contribution in [2.45, 2.75) is 24.5 Å². The van der Waals surface area contributed by atoms with E-state index in [1.54, 1.807) is 13.2 Å². The zero-order chi connectivity index (χ0) is 13.9. The first kappa shape index (κ1) is 15.1. The Kier molecular flexibility index (Phi) is 5.09. The molecule has 1 fully saturated rings. The smallest absolute Gasteiger partial charge is 0.0916 e. The van der Waals surface area contributed by atoms with Crippen molar-refractivity contribution in [3.8, 4) is 0 Å². The molecule has 0 amide bonds. The van der Waals surface area contributed by atoms with Crippen LogP contribution in [0, 0.1) is 0 Å². The second kappa shape index (κ2) is 6.42. The van der Waals surface area contributed by atoms with Gasteiger partial charge in [-0.05, 0) is 18.7 Å². The molecule has 19 heavy (non-hydrogen) atoms. The highest BCUT2D eigenvalue weighted by atomic mass is 35.5. The van der Waals surface area contributed by atoms with Gasteiger partial charge in [0.05, 0.1) is 21.7 Å². The zero-order valence-corrected chi connectivity index (χ0v) is 12.7. The summed E-state index contributed by atoms with van der Waals surface area (Å²) in [5, 5.41) is 4.48. The number of hydrogen-bond acceptors (Lipinski definition) is 3. The second-order valence-electron chi connectivity index (χ2n) is 4.75. The number of halogens is 2. The van der Waals surface area contributed by atoms with Gasteiger partial charge in [0, 0.05) is 33.2 Å². The van der Waals surface area contributed by atoms with Crippen LogP contribution in [0.1, 0.15) is 24.4 Å². The van der Waals surface area contributed by atoms with E-state index in [1.165, 1.54) is 0 Å².